The van der Waals surface area contributed by atoms with E-state index in [-0.39, 0.29) is 11.3 Å². The predicted octanol–water partition coefficient (Wildman–Crippen LogP) is 2.04. The highest BCUT2D eigenvalue weighted by atomic mass is 16.5. The Bertz CT molecular complexity index is 337. The normalized spacial score (nSPS) is 31.9. The molecule has 4 nitrogen and oxygen atoms in total. The van der Waals surface area contributed by atoms with Gasteiger partial charge >= 0.3 is 0 Å². The van der Waals surface area contributed by atoms with Crippen molar-refractivity contribution in [3.8, 4) is 0 Å². The summed E-state index contributed by atoms with van der Waals surface area (Å²) in [6.07, 6.45) is 3.30. The van der Waals surface area contributed by atoms with E-state index in [1.165, 1.54) is 0 Å². The minimum Gasteiger partial charge on any atom is -0.378 e. The molecule has 1 saturated carbocycles. The van der Waals surface area contributed by atoms with Gasteiger partial charge in [0.1, 0.15) is 0 Å². The van der Waals surface area contributed by atoms with Crippen LogP contribution in [0, 0.1) is 11.3 Å². The molecular weight excluding hydrogens is 252 g/mol. The van der Waals surface area contributed by atoms with Crippen molar-refractivity contribution in [3.05, 3.63) is 0 Å². The zero-order valence-electron chi connectivity index (χ0n) is 13.4. The molecule has 116 valence electrons. The first-order valence-corrected chi connectivity index (χ1v) is 8.15. The Morgan fingerprint density at radius 1 is 1.40 bits per heavy atom. The first-order chi connectivity index (χ1) is 9.52. The lowest BCUT2D eigenvalue weighted by atomic mass is 9.63. The Kier molecular flexibility index (Phi) is 5.08. The molecule has 0 aromatic heterocycles. The molecular formula is C16H30N2O2. The molecule has 3 atom stereocenters. The third kappa shape index (κ3) is 2.86. The maximum absolute atomic E-state index is 12.8. The number of hydrogen-bond acceptors (Lipinski definition) is 3. The van der Waals surface area contributed by atoms with E-state index in [2.05, 4.69) is 31.0 Å². The van der Waals surface area contributed by atoms with E-state index >= 15 is 0 Å². The van der Waals surface area contributed by atoms with Gasteiger partial charge in [-0.15, -0.1) is 0 Å². The Hall–Kier alpha value is -0.610. The number of ether oxygens (including phenoxy) is 1. The molecule has 1 aliphatic carbocycles. The first-order valence-electron chi connectivity index (χ1n) is 8.15. The van der Waals surface area contributed by atoms with Gasteiger partial charge in [0, 0.05) is 31.2 Å². The maximum atomic E-state index is 12.8. The summed E-state index contributed by atoms with van der Waals surface area (Å²) in [6, 6.07) is 0.340. The molecule has 3 unspecified atom stereocenters. The topological polar surface area (TPSA) is 41.6 Å². The van der Waals surface area contributed by atoms with E-state index in [4.69, 9.17) is 4.74 Å². The second-order valence-electron chi connectivity index (χ2n) is 6.74. The van der Waals surface area contributed by atoms with Gasteiger partial charge in [-0.25, -0.2) is 0 Å². The summed E-state index contributed by atoms with van der Waals surface area (Å²) in [5.41, 5.74) is 0.0763. The Balaban J connectivity index is 2.03. The number of nitrogens with one attached hydrogen (secondary N) is 1. The number of hydrogen-bond donors (Lipinski definition) is 1. The van der Waals surface area contributed by atoms with Crippen LogP contribution in [0.3, 0.4) is 0 Å². The zero-order valence-corrected chi connectivity index (χ0v) is 13.4. The van der Waals surface area contributed by atoms with Gasteiger partial charge in [0.2, 0.25) is 5.91 Å². The van der Waals surface area contributed by atoms with Crippen LogP contribution in [0.4, 0.5) is 0 Å². The molecule has 1 aliphatic heterocycles. The van der Waals surface area contributed by atoms with Crippen LogP contribution in [0.2, 0.25) is 0 Å². The fraction of sp³-hybridized carbons (Fsp3) is 0.938. The average Bonchev–Trinajstić information content (AvgIpc) is 2.94. The van der Waals surface area contributed by atoms with E-state index in [0.29, 0.717) is 18.1 Å². The lowest BCUT2D eigenvalue weighted by molar-refractivity contribution is -0.169. The van der Waals surface area contributed by atoms with Crippen molar-refractivity contribution in [2.24, 2.45) is 11.3 Å². The van der Waals surface area contributed by atoms with Crippen LogP contribution < -0.4 is 5.32 Å². The van der Waals surface area contributed by atoms with Crippen LogP contribution in [0.25, 0.3) is 0 Å². The highest BCUT2D eigenvalue weighted by Crippen LogP contribution is 2.46. The molecule has 2 fully saturated rings. The van der Waals surface area contributed by atoms with Gasteiger partial charge in [0.25, 0.3) is 0 Å². The number of rotatable bonds is 6. The minimum atomic E-state index is 0.0763. The van der Waals surface area contributed by atoms with Crippen molar-refractivity contribution >= 4 is 5.91 Å². The van der Waals surface area contributed by atoms with E-state index in [9.17, 15) is 4.79 Å². The van der Waals surface area contributed by atoms with Crippen molar-refractivity contribution in [1.29, 1.82) is 0 Å². The highest BCUT2D eigenvalue weighted by molar-refractivity contribution is 5.80. The van der Waals surface area contributed by atoms with Gasteiger partial charge in [-0.2, -0.15) is 0 Å². The third-order valence-corrected chi connectivity index (χ3v) is 5.03. The van der Waals surface area contributed by atoms with Crippen LogP contribution in [-0.2, 0) is 9.53 Å². The third-order valence-electron chi connectivity index (χ3n) is 5.03. The van der Waals surface area contributed by atoms with Crippen molar-refractivity contribution in [2.75, 3.05) is 26.2 Å². The van der Waals surface area contributed by atoms with Crippen LogP contribution >= 0.6 is 0 Å². The Morgan fingerprint density at radius 3 is 2.65 bits per heavy atom. The number of nitrogens with zero attached hydrogens (tertiary/aromatic N) is 1. The smallest absolute Gasteiger partial charge is 0.227 e. The van der Waals surface area contributed by atoms with E-state index in [1.54, 1.807) is 0 Å². The van der Waals surface area contributed by atoms with E-state index in [1.807, 2.05) is 6.92 Å². The minimum absolute atomic E-state index is 0.0763. The predicted molar refractivity (Wildman–Crippen MR) is 80.6 cm³/mol. The SMILES string of the molecule is CCCN(C(=O)C1CCNC1)C1CC(OCC)C1(C)C. The summed E-state index contributed by atoms with van der Waals surface area (Å²) in [7, 11) is 0. The second-order valence-corrected chi connectivity index (χ2v) is 6.74. The molecule has 1 saturated heterocycles. The summed E-state index contributed by atoms with van der Waals surface area (Å²) < 4.78 is 5.81. The Labute approximate surface area is 123 Å². The number of carbonyl (C=O) groups excluding carboxylic acids is 1. The van der Waals surface area contributed by atoms with Crippen LogP contribution in [0.5, 0.6) is 0 Å². The van der Waals surface area contributed by atoms with Crippen molar-refractivity contribution in [2.45, 2.75) is 59.1 Å². The average molecular weight is 282 g/mol. The van der Waals surface area contributed by atoms with Gasteiger partial charge in [0.15, 0.2) is 0 Å². The van der Waals surface area contributed by atoms with Gasteiger partial charge in [-0.3, -0.25) is 4.79 Å². The summed E-state index contributed by atoms with van der Waals surface area (Å²) in [6.45, 7) is 12.1. The molecule has 1 N–H and O–H groups in total. The monoisotopic (exact) mass is 282 g/mol. The molecule has 2 aliphatic rings. The van der Waals surface area contributed by atoms with Crippen LogP contribution in [0.15, 0.2) is 0 Å². The molecule has 1 amide bonds. The largest absolute Gasteiger partial charge is 0.378 e. The van der Waals surface area contributed by atoms with Gasteiger partial charge in [0.05, 0.1) is 12.0 Å². The van der Waals surface area contributed by atoms with Gasteiger partial charge in [-0.1, -0.05) is 20.8 Å². The zero-order chi connectivity index (χ0) is 14.8. The van der Waals surface area contributed by atoms with Crippen molar-refractivity contribution < 1.29 is 9.53 Å². The van der Waals surface area contributed by atoms with Crippen molar-refractivity contribution in [3.63, 3.8) is 0 Å². The summed E-state index contributed by atoms with van der Waals surface area (Å²) >= 11 is 0. The summed E-state index contributed by atoms with van der Waals surface area (Å²) in [5, 5.41) is 3.30. The molecule has 0 spiro atoms. The molecule has 1 heterocycles. The molecule has 4 heteroatoms. The van der Waals surface area contributed by atoms with Gasteiger partial charge in [-0.05, 0) is 32.7 Å². The molecule has 2 rings (SSSR count). The number of amides is 1. The lowest BCUT2D eigenvalue weighted by Gasteiger charge is -2.56. The maximum Gasteiger partial charge on any atom is 0.227 e. The molecule has 0 aromatic carbocycles. The fourth-order valence-corrected chi connectivity index (χ4v) is 3.64. The standard InChI is InChI=1S/C16H30N2O2/c1-5-9-18(15(19)12-7-8-17-11-12)13-10-14(20-6-2)16(13,3)4/h12-14,17H,5-11H2,1-4H3. The quantitative estimate of drug-likeness (QED) is 0.810. The van der Waals surface area contributed by atoms with E-state index in [0.717, 1.165) is 45.5 Å². The molecule has 0 aromatic rings. The van der Waals surface area contributed by atoms with Gasteiger partial charge < -0.3 is 15.0 Å². The molecule has 0 radical (unpaired) electrons. The molecule has 20 heavy (non-hydrogen) atoms. The molecule has 0 bridgehead atoms. The first kappa shape index (κ1) is 15.8. The van der Waals surface area contributed by atoms with E-state index < -0.39 is 0 Å². The summed E-state index contributed by atoms with van der Waals surface area (Å²) in [4.78, 5) is 14.9. The second kappa shape index (κ2) is 6.44. The van der Waals surface area contributed by atoms with Crippen LogP contribution in [0.1, 0.15) is 47.0 Å². The highest BCUT2D eigenvalue weighted by Gasteiger charge is 2.53. The van der Waals surface area contributed by atoms with Crippen LogP contribution in [-0.4, -0.2) is 49.2 Å². The number of carbonyl (C=O) groups is 1. The lowest BCUT2D eigenvalue weighted by Crippen LogP contribution is -2.64. The summed E-state index contributed by atoms with van der Waals surface area (Å²) in [5.74, 6) is 0.536. The fourth-order valence-electron chi connectivity index (χ4n) is 3.64. The van der Waals surface area contributed by atoms with Crippen molar-refractivity contribution in [1.82, 2.24) is 10.2 Å². The Morgan fingerprint density at radius 2 is 2.15 bits per heavy atom.